The van der Waals surface area contributed by atoms with E-state index >= 15 is 0 Å². The van der Waals surface area contributed by atoms with Crippen molar-refractivity contribution in [3.05, 3.63) is 93.6 Å². The van der Waals surface area contributed by atoms with Crippen LogP contribution < -0.4 is 11.0 Å². The fourth-order valence-electron chi connectivity index (χ4n) is 3.33. The van der Waals surface area contributed by atoms with Crippen LogP contribution in [0, 0.1) is 12.7 Å². The summed E-state index contributed by atoms with van der Waals surface area (Å²) < 4.78 is 15.6. The Kier molecular flexibility index (Phi) is 5.33. The predicted octanol–water partition coefficient (Wildman–Crippen LogP) is 4.80. The quantitative estimate of drug-likeness (QED) is 0.514. The zero-order chi connectivity index (χ0) is 21.3. The number of benzene rings is 3. The van der Waals surface area contributed by atoms with Gasteiger partial charge in [-0.25, -0.2) is 9.18 Å². The zero-order valence-corrected chi connectivity index (χ0v) is 16.8. The minimum Gasteiger partial charge on any atom is -0.325 e. The van der Waals surface area contributed by atoms with E-state index in [1.165, 1.54) is 10.6 Å². The number of rotatable bonds is 4. The number of halogens is 2. The average molecular weight is 422 g/mol. The molecule has 4 rings (SSSR count). The molecule has 0 saturated heterocycles. The maximum Gasteiger partial charge on any atom is 0.349 e. The first-order valence-corrected chi connectivity index (χ1v) is 9.62. The predicted molar refractivity (Wildman–Crippen MR) is 116 cm³/mol. The lowest BCUT2D eigenvalue weighted by Gasteiger charge is -2.14. The Hall–Kier alpha value is -3.51. The molecule has 0 atom stereocenters. The number of nitrogens with zero attached hydrogens (tertiary/aromatic N) is 2. The van der Waals surface area contributed by atoms with Crippen LogP contribution in [-0.4, -0.2) is 15.5 Å². The third kappa shape index (κ3) is 3.95. The van der Waals surface area contributed by atoms with Crippen LogP contribution in [0.5, 0.6) is 0 Å². The number of carbonyl (C=O) groups is 1. The summed E-state index contributed by atoms with van der Waals surface area (Å²) >= 11 is 6.15. The SMILES string of the molecule is Cc1cccc(NC(=O)Cn2c(=O)nc(-c3ccccc3F)c3cc(Cl)ccc32)c1. The van der Waals surface area contributed by atoms with Crippen molar-refractivity contribution in [3.8, 4) is 11.3 Å². The monoisotopic (exact) mass is 421 g/mol. The highest BCUT2D eigenvalue weighted by Crippen LogP contribution is 2.29. The van der Waals surface area contributed by atoms with Gasteiger partial charge in [-0.2, -0.15) is 4.98 Å². The summed E-state index contributed by atoms with van der Waals surface area (Å²) in [5, 5.41) is 3.67. The normalized spacial score (nSPS) is 10.9. The minimum atomic E-state index is -0.650. The summed E-state index contributed by atoms with van der Waals surface area (Å²) in [6.07, 6.45) is 0. The van der Waals surface area contributed by atoms with E-state index in [1.54, 1.807) is 42.5 Å². The average Bonchev–Trinajstić information content (AvgIpc) is 2.70. The van der Waals surface area contributed by atoms with Gasteiger partial charge < -0.3 is 5.32 Å². The lowest BCUT2D eigenvalue weighted by Crippen LogP contribution is -2.30. The standard InChI is InChI=1S/C23H17ClFN3O2/c1-14-5-4-6-16(11-14)26-21(29)13-28-20-10-9-15(24)12-18(20)22(27-23(28)30)17-7-2-3-8-19(17)25/h2-12H,13H2,1H3,(H,26,29). The largest absolute Gasteiger partial charge is 0.349 e. The van der Waals surface area contributed by atoms with E-state index in [0.717, 1.165) is 5.56 Å². The van der Waals surface area contributed by atoms with Crippen LogP contribution >= 0.6 is 11.6 Å². The Balaban J connectivity index is 1.79. The van der Waals surface area contributed by atoms with Gasteiger partial charge in [-0.05, 0) is 55.0 Å². The molecular weight excluding hydrogens is 405 g/mol. The van der Waals surface area contributed by atoms with Crippen molar-refractivity contribution in [2.24, 2.45) is 0 Å². The third-order valence-corrected chi connectivity index (χ3v) is 4.91. The molecule has 0 aliphatic carbocycles. The van der Waals surface area contributed by atoms with Crippen molar-refractivity contribution < 1.29 is 9.18 Å². The molecule has 0 bridgehead atoms. The van der Waals surface area contributed by atoms with Gasteiger partial charge in [0.25, 0.3) is 0 Å². The number of hydrogen-bond donors (Lipinski definition) is 1. The van der Waals surface area contributed by atoms with E-state index in [4.69, 9.17) is 11.6 Å². The molecule has 0 saturated carbocycles. The van der Waals surface area contributed by atoms with Gasteiger partial charge in [0.15, 0.2) is 0 Å². The molecular formula is C23H17ClFN3O2. The first kappa shape index (κ1) is 19.8. The maximum atomic E-state index is 14.4. The number of aromatic nitrogens is 2. The van der Waals surface area contributed by atoms with E-state index in [2.05, 4.69) is 10.3 Å². The smallest absolute Gasteiger partial charge is 0.325 e. The van der Waals surface area contributed by atoms with E-state index in [9.17, 15) is 14.0 Å². The van der Waals surface area contributed by atoms with Crippen molar-refractivity contribution >= 4 is 34.1 Å². The second kappa shape index (κ2) is 8.08. The van der Waals surface area contributed by atoms with Crippen molar-refractivity contribution in [1.82, 2.24) is 9.55 Å². The molecule has 7 heteroatoms. The lowest BCUT2D eigenvalue weighted by atomic mass is 10.1. The Bertz CT molecular complexity index is 1330. The van der Waals surface area contributed by atoms with E-state index in [1.807, 2.05) is 25.1 Å². The highest BCUT2D eigenvalue weighted by Gasteiger charge is 2.17. The fraction of sp³-hybridized carbons (Fsp3) is 0.0870. The Morgan fingerprint density at radius 2 is 1.90 bits per heavy atom. The molecule has 3 aromatic carbocycles. The Morgan fingerprint density at radius 1 is 1.10 bits per heavy atom. The summed E-state index contributed by atoms with van der Waals surface area (Å²) in [5.74, 6) is -0.875. The maximum absolute atomic E-state index is 14.4. The van der Waals surface area contributed by atoms with Gasteiger partial charge in [-0.3, -0.25) is 9.36 Å². The number of amides is 1. The van der Waals surface area contributed by atoms with Crippen LogP contribution in [0.3, 0.4) is 0 Å². The second-order valence-corrected chi connectivity index (χ2v) is 7.32. The molecule has 0 spiro atoms. The summed E-state index contributed by atoms with van der Waals surface area (Å²) in [6.45, 7) is 1.68. The molecule has 0 unspecified atom stereocenters. The summed E-state index contributed by atoms with van der Waals surface area (Å²) in [7, 11) is 0. The van der Waals surface area contributed by atoms with Crippen LogP contribution in [0.1, 0.15) is 5.56 Å². The van der Waals surface area contributed by atoms with Gasteiger partial charge in [0.05, 0.1) is 11.2 Å². The highest BCUT2D eigenvalue weighted by atomic mass is 35.5. The van der Waals surface area contributed by atoms with Gasteiger partial charge in [-0.1, -0.05) is 35.9 Å². The molecule has 1 heterocycles. The van der Waals surface area contributed by atoms with Crippen molar-refractivity contribution in [3.63, 3.8) is 0 Å². The molecule has 4 aromatic rings. The zero-order valence-electron chi connectivity index (χ0n) is 16.0. The number of aryl methyl sites for hydroxylation is 1. The molecule has 1 amide bonds. The first-order valence-electron chi connectivity index (χ1n) is 9.24. The van der Waals surface area contributed by atoms with E-state index in [0.29, 0.717) is 21.6 Å². The van der Waals surface area contributed by atoms with Crippen LogP contribution in [-0.2, 0) is 11.3 Å². The molecule has 1 N–H and O–H groups in total. The number of anilines is 1. The van der Waals surface area contributed by atoms with Gasteiger partial charge in [-0.15, -0.1) is 0 Å². The topological polar surface area (TPSA) is 64.0 Å². The minimum absolute atomic E-state index is 0.186. The lowest BCUT2D eigenvalue weighted by molar-refractivity contribution is -0.116. The van der Waals surface area contributed by atoms with Crippen LogP contribution in [0.25, 0.3) is 22.2 Å². The first-order chi connectivity index (χ1) is 14.4. The summed E-state index contributed by atoms with van der Waals surface area (Å²) in [6, 6.07) is 18.3. The molecule has 0 aliphatic rings. The van der Waals surface area contributed by atoms with Crippen molar-refractivity contribution in [2.45, 2.75) is 13.5 Å². The van der Waals surface area contributed by atoms with Gasteiger partial charge in [0.2, 0.25) is 5.91 Å². The second-order valence-electron chi connectivity index (χ2n) is 6.89. The van der Waals surface area contributed by atoms with Crippen molar-refractivity contribution in [1.29, 1.82) is 0 Å². The molecule has 0 fully saturated rings. The van der Waals surface area contributed by atoms with E-state index < -0.39 is 11.5 Å². The summed E-state index contributed by atoms with van der Waals surface area (Å²) in [5.41, 5.74) is 1.81. The Labute approximate surface area is 176 Å². The third-order valence-electron chi connectivity index (χ3n) is 4.68. The molecule has 1 aromatic heterocycles. The van der Waals surface area contributed by atoms with E-state index in [-0.39, 0.29) is 23.7 Å². The number of nitrogens with one attached hydrogen (secondary N) is 1. The molecule has 30 heavy (non-hydrogen) atoms. The molecule has 0 aliphatic heterocycles. The van der Waals surface area contributed by atoms with Crippen molar-refractivity contribution in [2.75, 3.05) is 5.32 Å². The van der Waals surface area contributed by atoms with Crippen LogP contribution in [0.4, 0.5) is 10.1 Å². The molecule has 5 nitrogen and oxygen atoms in total. The summed E-state index contributed by atoms with van der Waals surface area (Å²) in [4.78, 5) is 29.4. The fourth-order valence-corrected chi connectivity index (χ4v) is 3.50. The Morgan fingerprint density at radius 3 is 2.67 bits per heavy atom. The van der Waals surface area contributed by atoms with Gasteiger partial charge in [0, 0.05) is 21.7 Å². The highest BCUT2D eigenvalue weighted by molar-refractivity contribution is 6.31. The van der Waals surface area contributed by atoms with Gasteiger partial charge in [0.1, 0.15) is 12.4 Å². The number of carbonyl (C=O) groups excluding carboxylic acids is 1. The van der Waals surface area contributed by atoms with Crippen LogP contribution in [0.15, 0.2) is 71.5 Å². The van der Waals surface area contributed by atoms with Gasteiger partial charge >= 0.3 is 5.69 Å². The number of hydrogen-bond acceptors (Lipinski definition) is 3. The van der Waals surface area contributed by atoms with Crippen LogP contribution in [0.2, 0.25) is 5.02 Å². The number of fused-ring (bicyclic) bond motifs is 1. The molecule has 150 valence electrons. The molecule has 0 radical (unpaired) electrons.